The molecule has 1 fully saturated rings. The monoisotopic (exact) mass is 295 g/mol. The number of hydrogen-bond acceptors (Lipinski definition) is 4. The van der Waals surface area contributed by atoms with Gasteiger partial charge in [0.25, 0.3) is 0 Å². The standard InChI is InChI=1S/C17H21N5/c1-13-17(11-21(2)20-13)15-4-3-5-16(8-15)19-9-14-6-7-22(10-14)12-18/h3-5,8,11,14,19H,6-7,9-10H2,1-2H3. The van der Waals surface area contributed by atoms with Gasteiger partial charge in [0.15, 0.2) is 6.19 Å². The predicted octanol–water partition coefficient (Wildman–Crippen LogP) is 2.61. The highest BCUT2D eigenvalue weighted by atomic mass is 15.2. The highest BCUT2D eigenvalue weighted by Gasteiger charge is 2.21. The van der Waals surface area contributed by atoms with Crippen LogP contribution in [0.15, 0.2) is 30.5 Å². The molecule has 114 valence electrons. The Morgan fingerprint density at radius 3 is 3.00 bits per heavy atom. The molecule has 1 aliphatic rings. The molecule has 5 heteroatoms. The van der Waals surface area contributed by atoms with Crippen molar-refractivity contribution in [3.8, 4) is 17.3 Å². The van der Waals surface area contributed by atoms with Gasteiger partial charge >= 0.3 is 0 Å². The molecule has 1 aromatic carbocycles. The normalized spacial score (nSPS) is 17.5. The topological polar surface area (TPSA) is 56.9 Å². The first kappa shape index (κ1) is 14.5. The highest BCUT2D eigenvalue weighted by Crippen LogP contribution is 2.25. The van der Waals surface area contributed by atoms with Crippen LogP contribution in [0.2, 0.25) is 0 Å². The van der Waals surface area contributed by atoms with Crippen molar-refractivity contribution in [3.63, 3.8) is 0 Å². The predicted molar refractivity (Wildman–Crippen MR) is 87.2 cm³/mol. The van der Waals surface area contributed by atoms with Crippen LogP contribution in [0.4, 0.5) is 5.69 Å². The van der Waals surface area contributed by atoms with E-state index in [4.69, 9.17) is 5.26 Å². The first-order valence-corrected chi connectivity index (χ1v) is 7.65. The Labute approximate surface area is 131 Å². The number of anilines is 1. The lowest BCUT2D eigenvalue weighted by Crippen LogP contribution is -2.18. The van der Waals surface area contributed by atoms with Gasteiger partial charge in [0.2, 0.25) is 0 Å². The second-order valence-corrected chi connectivity index (χ2v) is 5.96. The van der Waals surface area contributed by atoms with Gasteiger partial charge in [-0.15, -0.1) is 0 Å². The van der Waals surface area contributed by atoms with Crippen LogP contribution in [-0.4, -0.2) is 34.3 Å². The molecule has 0 bridgehead atoms. The minimum atomic E-state index is 0.545. The summed E-state index contributed by atoms with van der Waals surface area (Å²) in [5, 5.41) is 16.8. The van der Waals surface area contributed by atoms with Gasteiger partial charge in [0.05, 0.1) is 5.69 Å². The number of rotatable bonds is 4. The van der Waals surface area contributed by atoms with Crippen molar-refractivity contribution in [2.45, 2.75) is 13.3 Å². The van der Waals surface area contributed by atoms with Crippen molar-refractivity contribution in [3.05, 3.63) is 36.2 Å². The molecule has 0 aliphatic carbocycles. The number of nitrogens with zero attached hydrogens (tertiary/aromatic N) is 4. The maximum atomic E-state index is 8.91. The van der Waals surface area contributed by atoms with Crippen molar-refractivity contribution in [2.24, 2.45) is 13.0 Å². The molecule has 1 N–H and O–H groups in total. The maximum absolute atomic E-state index is 8.91. The summed E-state index contributed by atoms with van der Waals surface area (Å²) < 4.78 is 1.85. The molecule has 0 spiro atoms. The zero-order valence-electron chi connectivity index (χ0n) is 13.1. The number of aryl methyl sites for hydroxylation is 2. The van der Waals surface area contributed by atoms with E-state index in [9.17, 15) is 0 Å². The van der Waals surface area contributed by atoms with Crippen LogP contribution in [-0.2, 0) is 7.05 Å². The van der Waals surface area contributed by atoms with Gasteiger partial charge in [-0.2, -0.15) is 10.4 Å². The SMILES string of the molecule is Cc1nn(C)cc1-c1cccc(NCC2CCN(C#N)C2)c1. The van der Waals surface area contributed by atoms with Crippen molar-refractivity contribution >= 4 is 5.69 Å². The Kier molecular flexibility index (Phi) is 4.01. The Bertz CT molecular complexity index is 697. The minimum Gasteiger partial charge on any atom is -0.385 e. The quantitative estimate of drug-likeness (QED) is 0.881. The molecule has 2 aromatic rings. The number of nitrogens with one attached hydrogen (secondary N) is 1. The number of likely N-dealkylation sites (tertiary alicyclic amines) is 1. The summed E-state index contributed by atoms with van der Waals surface area (Å²) >= 11 is 0. The molecule has 1 unspecified atom stereocenters. The molecule has 0 radical (unpaired) electrons. The van der Waals surface area contributed by atoms with E-state index < -0.39 is 0 Å². The molecule has 1 atom stereocenters. The zero-order chi connectivity index (χ0) is 15.5. The van der Waals surface area contributed by atoms with Crippen LogP contribution in [0.1, 0.15) is 12.1 Å². The summed E-state index contributed by atoms with van der Waals surface area (Å²) in [5.74, 6) is 0.545. The Balaban J connectivity index is 1.67. The van der Waals surface area contributed by atoms with Crippen LogP contribution in [0.25, 0.3) is 11.1 Å². The summed E-state index contributed by atoms with van der Waals surface area (Å²) in [6, 6.07) is 8.44. The van der Waals surface area contributed by atoms with Gasteiger partial charge < -0.3 is 10.2 Å². The molecule has 0 amide bonds. The number of nitriles is 1. The fourth-order valence-electron chi connectivity index (χ4n) is 3.03. The highest BCUT2D eigenvalue weighted by molar-refractivity contribution is 5.69. The number of aromatic nitrogens is 2. The molecule has 2 heterocycles. The van der Waals surface area contributed by atoms with Gasteiger partial charge in [-0.05, 0) is 37.0 Å². The zero-order valence-corrected chi connectivity index (χ0v) is 13.1. The van der Waals surface area contributed by atoms with E-state index in [1.54, 1.807) is 0 Å². The summed E-state index contributed by atoms with van der Waals surface area (Å²) in [6.45, 7) is 4.70. The fourth-order valence-corrected chi connectivity index (χ4v) is 3.03. The Morgan fingerprint density at radius 2 is 2.32 bits per heavy atom. The van der Waals surface area contributed by atoms with E-state index in [-0.39, 0.29) is 0 Å². The molecule has 22 heavy (non-hydrogen) atoms. The molecule has 1 saturated heterocycles. The third-order valence-corrected chi connectivity index (χ3v) is 4.21. The summed E-state index contributed by atoms with van der Waals surface area (Å²) in [4.78, 5) is 1.84. The van der Waals surface area contributed by atoms with Gasteiger partial charge in [0, 0.05) is 44.1 Å². The lowest BCUT2D eigenvalue weighted by molar-refractivity contribution is 0.461. The van der Waals surface area contributed by atoms with E-state index in [1.165, 1.54) is 11.1 Å². The average molecular weight is 295 g/mol. The second kappa shape index (κ2) is 6.10. The molecular weight excluding hydrogens is 274 g/mol. The van der Waals surface area contributed by atoms with Crippen LogP contribution in [0, 0.1) is 24.3 Å². The number of hydrogen-bond donors (Lipinski definition) is 1. The van der Waals surface area contributed by atoms with E-state index in [1.807, 2.05) is 23.6 Å². The smallest absolute Gasteiger partial charge is 0.179 e. The molecule has 1 aliphatic heterocycles. The van der Waals surface area contributed by atoms with Gasteiger partial charge in [-0.1, -0.05) is 12.1 Å². The average Bonchev–Trinajstić information content (AvgIpc) is 3.11. The third kappa shape index (κ3) is 3.06. The van der Waals surface area contributed by atoms with Crippen LogP contribution < -0.4 is 5.32 Å². The van der Waals surface area contributed by atoms with Gasteiger partial charge in [-0.3, -0.25) is 4.68 Å². The lowest BCUT2D eigenvalue weighted by Gasteiger charge is -2.13. The summed E-state index contributed by atoms with van der Waals surface area (Å²) in [7, 11) is 1.94. The van der Waals surface area contributed by atoms with Crippen molar-refractivity contribution in [2.75, 3.05) is 25.0 Å². The van der Waals surface area contributed by atoms with Crippen molar-refractivity contribution < 1.29 is 0 Å². The third-order valence-electron chi connectivity index (χ3n) is 4.21. The Morgan fingerprint density at radius 1 is 1.45 bits per heavy atom. The van der Waals surface area contributed by atoms with Crippen molar-refractivity contribution in [1.29, 1.82) is 5.26 Å². The molecule has 1 aromatic heterocycles. The number of benzene rings is 1. The first-order chi connectivity index (χ1) is 10.7. The van der Waals surface area contributed by atoms with Gasteiger partial charge in [0.1, 0.15) is 0 Å². The maximum Gasteiger partial charge on any atom is 0.179 e. The Hall–Kier alpha value is -2.48. The van der Waals surface area contributed by atoms with E-state index in [0.717, 1.165) is 37.4 Å². The minimum absolute atomic E-state index is 0.545. The van der Waals surface area contributed by atoms with E-state index in [0.29, 0.717) is 5.92 Å². The first-order valence-electron chi connectivity index (χ1n) is 7.65. The summed E-state index contributed by atoms with van der Waals surface area (Å²) in [6.07, 6.45) is 5.36. The molecule has 5 nitrogen and oxygen atoms in total. The molecule has 3 rings (SSSR count). The van der Waals surface area contributed by atoms with E-state index >= 15 is 0 Å². The second-order valence-electron chi connectivity index (χ2n) is 5.96. The van der Waals surface area contributed by atoms with Crippen LogP contribution in [0.5, 0.6) is 0 Å². The van der Waals surface area contributed by atoms with E-state index in [2.05, 4.69) is 47.1 Å². The molecular formula is C17H21N5. The van der Waals surface area contributed by atoms with Gasteiger partial charge in [-0.25, -0.2) is 0 Å². The lowest BCUT2D eigenvalue weighted by atomic mass is 10.1. The molecule has 0 saturated carbocycles. The van der Waals surface area contributed by atoms with Crippen molar-refractivity contribution in [1.82, 2.24) is 14.7 Å². The fraction of sp³-hybridized carbons (Fsp3) is 0.412. The van der Waals surface area contributed by atoms with Crippen LogP contribution >= 0.6 is 0 Å². The summed E-state index contributed by atoms with van der Waals surface area (Å²) in [5.41, 5.74) is 4.51. The van der Waals surface area contributed by atoms with Crippen LogP contribution in [0.3, 0.4) is 0 Å². The largest absolute Gasteiger partial charge is 0.385 e.